The quantitative estimate of drug-likeness (QED) is 0.665. The van der Waals surface area contributed by atoms with Gasteiger partial charge in [-0.05, 0) is 59.6 Å². The maximum atomic E-state index is 3.68. The number of allylic oxidation sites excluding steroid dienone is 1. The molecule has 2 rings (SSSR count). The lowest BCUT2D eigenvalue weighted by atomic mass is 9.60. The molecule has 1 aromatic rings. The lowest BCUT2D eigenvalue weighted by Gasteiger charge is -2.45. The molecule has 1 aliphatic rings. The third-order valence-electron chi connectivity index (χ3n) is 4.34. The van der Waals surface area contributed by atoms with Crippen LogP contribution < -0.4 is 0 Å². The van der Waals surface area contributed by atoms with E-state index in [4.69, 9.17) is 0 Å². The van der Waals surface area contributed by atoms with Crippen molar-refractivity contribution in [3.63, 3.8) is 0 Å². The van der Waals surface area contributed by atoms with Crippen molar-refractivity contribution in [1.29, 1.82) is 0 Å². The summed E-state index contributed by atoms with van der Waals surface area (Å²) in [7, 11) is 0. The van der Waals surface area contributed by atoms with Gasteiger partial charge in [0.25, 0.3) is 0 Å². The van der Waals surface area contributed by atoms with Crippen molar-refractivity contribution in [3.05, 3.63) is 48.0 Å². The molecule has 1 saturated carbocycles. The lowest BCUT2D eigenvalue weighted by molar-refractivity contribution is 0.0969. The monoisotopic (exact) mass is 255 g/mol. The summed E-state index contributed by atoms with van der Waals surface area (Å²) < 4.78 is 0. The van der Waals surface area contributed by atoms with Gasteiger partial charge in [-0.2, -0.15) is 0 Å². The molecule has 0 atom stereocenters. The SMILES string of the molecule is C=[C]Cc1ccc(C2CC(C)(C)CC(C)(C)C2)cc1. The van der Waals surface area contributed by atoms with Gasteiger partial charge in [0.15, 0.2) is 0 Å². The minimum absolute atomic E-state index is 0.458. The van der Waals surface area contributed by atoms with Gasteiger partial charge in [-0.15, -0.1) is 0 Å². The highest BCUT2D eigenvalue weighted by Crippen LogP contribution is 2.51. The average molecular weight is 255 g/mol. The molecule has 1 aromatic carbocycles. The van der Waals surface area contributed by atoms with Gasteiger partial charge < -0.3 is 0 Å². The molecule has 1 radical (unpaired) electrons. The molecule has 0 amide bonds. The zero-order valence-corrected chi connectivity index (χ0v) is 12.9. The third-order valence-corrected chi connectivity index (χ3v) is 4.34. The predicted molar refractivity (Wildman–Crippen MR) is 83.2 cm³/mol. The first kappa shape index (κ1) is 14.4. The Hall–Kier alpha value is -1.04. The van der Waals surface area contributed by atoms with E-state index in [9.17, 15) is 0 Å². The summed E-state index contributed by atoms with van der Waals surface area (Å²) in [6.45, 7) is 13.4. The van der Waals surface area contributed by atoms with Gasteiger partial charge in [-0.25, -0.2) is 0 Å². The van der Waals surface area contributed by atoms with E-state index in [1.165, 1.54) is 30.4 Å². The Morgan fingerprint density at radius 3 is 2.05 bits per heavy atom. The predicted octanol–water partition coefficient (Wildman–Crippen LogP) is 5.54. The maximum absolute atomic E-state index is 3.68. The largest absolute Gasteiger partial charge is 0.0952 e. The van der Waals surface area contributed by atoms with E-state index in [0.717, 1.165) is 6.42 Å². The second-order valence-corrected chi connectivity index (χ2v) is 7.78. The fourth-order valence-electron chi connectivity index (χ4n) is 4.13. The minimum Gasteiger partial charge on any atom is -0.0952 e. The zero-order chi connectivity index (χ0) is 14.1. The molecule has 0 heterocycles. The van der Waals surface area contributed by atoms with E-state index in [-0.39, 0.29) is 0 Å². The van der Waals surface area contributed by atoms with Gasteiger partial charge in [0.05, 0.1) is 0 Å². The van der Waals surface area contributed by atoms with Crippen molar-refractivity contribution in [1.82, 2.24) is 0 Å². The highest BCUT2D eigenvalue weighted by atomic mass is 14.4. The Labute approximate surface area is 118 Å². The topological polar surface area (TPSA) is 0 Å². The van der Waals surface area contributed by atoms with E-state index in [2.05, 4.69) is 64.6 Å². The second kappa shape index (κ2) is 5.15. The number of hydrogen-bond acceptors (Lipinski definition) is 0. The van der Waals surface area contributed by atoms with Crippen LogP contribution in [-0.4, -0.2) is 0 Å². The molecule has 0 N–H and O–H groups in total. The number of rotatable bonds is 3. The van der Waals surface area contributed by atoms with E-state index in [0.29, 0.717) is 16.7 Å². The van der Waals surface area contributed by atoms with Crippen molar-refractivity contribution < 1.29 is 0 Å². The van der Waals surface area contributed by atoms with Crippen LogP contribution in [0.15, 0.2) is 30.8 Å². The molecule has 0 aromatic heterocycles. The fourth-order valence-corrected chi connectivity index (χ4v) is 4.13. The van der Waals surface area contributed by atoms with Crippen LogP contribution in [0.5, 0.6) is 0 Å². The maximum Gasteiger partial charge on any atom is -0.00290 e. The van der Waals surface area contributed by atoms with Crippen molar-refractivity contribution in [3.8, 4) is 0 Å². The van der Waals surface area contributed by atoms with Crippen LogP contribution in [0.2, 0.25) is 0 Å². The molecule has 0 bridgehead atoms. The van der Waals surface area contributed by atoms with E-state index >= 15 is 0 Å². The van der Waals surface area contributed by atoms with E-state index < -0.39 is 0 Å². The molecule has 0 aliphatic heterocycles. The molecular formula is C19H27. The van der Waals surface area contributed by atoms with Gasteiger partial charge in [0.2, 0.25) is 0 Å². The van der Waals surface area contributed by atoms with Crippen LogP contribution in [0.3, 0.4) is 0 Å². The van der Waals surface area contributed by atoms with Gasteiger partial charge in [-0.3, -0.25) is 0 Å². The Morgan fingerprint density at radius 1 is 1.05 bits per heavy atom. The molecule has 0 nitrogen and oxygen atoms in total. The highest BCUT2D eigenvalue weighted by Gasteiger charge is 2.38. The van der Waals surface area contributed by atoms with Crippen LogP contribution in [0, 0.1) is 16.9 Å². The molecular weight excluding hydrogens is 228 g/mol. The molecule has 19 heavy (non-hydrogen) atoms. The number of benzene rings is 1. The summed E-state index contributed by atoms with van der Waals surface area (Å²) in [6.07, 6.45) is 7.76. The Morgan fingerprint density at radius 2 is 1.58 bits per heavy atom. The normalized spacial score (nSPS) is 22.1. The van der Waals surface area contributed by atoms with Gasteiger partial charge in [0, 0.05) is 0 Å². The summed E-state index contributed by atoms with van der Waals surface area (Å²) in [5.41, 5.74) is 3.74. The van der Waals surface area contributed by atoms with Gasteiger partial charge in [0.1, 0.15) is 0 Å². The highest BCUT2D eigenvalue weighted by molar-refractivity contribution is 5.27. The molecule has 1 fully saturated rings. The Balaban J connectivity index is 2.18. The molecule has 0 spiro atoms. The van der Waals surface area contributed by atoms with Crippen LogP contribution in [-0.2, 0) is 6.42 Å². The first-order valence-electron chi connectivity index (χ1n) is 7.40. The Bertz CT molecular complexity index is 418. The van der Waals surface area contributed by atoms with Crippen LogP contribution >= 0.6 is 0 Å². The molecule has 0 heteroatoms. The van der Waals surface area contributed by atoms with Crippen LogP contribution in [0.25, 0.3) is 0 Å². The standard InChI is InChI=1S/C19H27/c1-6-7-15-8-10-16(11-9-15)17-12-18(2,3)14-19(4,5)13-17/h8-11,17H,1,7,12-14H2,2-5H3. The van der Waals surface area contributed by atoms with Crippen LogP contribution in [0.1, 0.15) is 64.0 Å². The first-order valence-corrected chi connectivity index (χ1v) is 7.40. The molecule has 0 saturated heterocycles. The fraction of sp³-hybridized carbons (Fsp3) is 0.579. The van der Waals surface area contributed by atoms with Crippen molar-refractivity contribution in [2.24, 2.45) is 10.8 Å². The number of hydrogen-bond donors (Lipinski definition) is 0. The smallest absolute Gasteiger partial charge is 0.00290 e. The third kappa shape index (κ3) is 3.72. The van der Waals surface area contributed by atoms with E-state index in [1.807, 2.05) is 0 Å². The summed E-state index contributed by atoms with van der Waals surface area (Å²) in [4.78, 5) is 0. The summed E-state index contributed by atoms with van der Waals surface area (Å²) in [6, 6.07) is 9.11. The molecule has 103 valence electrons. The van der Waals surface area contributed by atoms with Gasteiger partial charge in [-0.1, -0.05) is 58.5 Å². The zero-order valence-electron chi connectivity index (χ0n) is 12.9. The van der Waals surface area contributed by atoms with Crippen molar-refractivity contribution in [2.45, 2.75) is 59.3 Å². The van der Waals surface area contributed by atoms with Gasteiger partial charge >= 0.3 is 0 Å². The summed E-state index contributed by atoms with van der Waals surface area (Å²) >= 11 is 0. The lowest BCUT2D eigenvalue weighted by Crippen LogP contribution is -2.32. The summed E-state index contributed by atoms with van der Waals surface area (Å²) in [5, 5.41) is 0. The second-order valence-electron chi connectivity index (χ2n) is 7.78. The average Bonchev–Trinajstić information content (AvgIpc) is 2.26. The Kier molecular flexibility index (Phi) is 3.90. The molecule has 0 unspecified atom stereocenters. The van der Waals surface area contributed by atoms with Crippen molar-refractivity contribution >= 4 is 0 Å². The minimum atomic E-state index is 0.458. The molecule has 1 aliphatic carbocycles. The first-order chi connectivity index (χ1) is 8.81. The summed E-state index contributed by atoms with van der Waals surface area (Å²) in [5.74, 6) is 0.709. The van der Waals surface area contributed by atoms with Crippen molar-refractivity contribution in [2.75, 3.05) is 0 Å². The van der Waals surface area contributed by atoms with Crippen LogP contribution in [0.4, 0.5) is 0 Å². The van der Waals surface area contributed by atoms with E-state index in [1.54, 1.807) is 0 Å².